The maximum absolute atomic E-state index is 11.9. The van der Waals surface area contributed by atoms with E-state index in [1.807, 2.05) is 6.92 Å². The first-order valence-electron chi connectivity index (χ1n) is 6.64. The number of nitrogens with zero attached hydrogens (tertiary/aromatic N) is 1. The van der Waals surface area contributed by atoms with E-state index in [0.717, 1.165) is 12.8 Å². The number of hydrogen-bond donors (Lipinski definition) is 2. The van der Waals surface area contributed by atoms with E-state index in [4.69, 9.17) is 9.84 Å². The molecule has 1 unspecified atom stereocenters. The summed E-state index contributed by atoms with van der Waals surface area (Å²) in [7, 11) is 0. The van der Waals surface area contributed by atoms with E-state index in [2.05, 4.69) is 10.3 Å². The van der Waals surface area contributed by atoms with Crippen molar-refractivity contribution in [1.29, 1.82) is 0 Å². The molecule has 1 amide bonds. The summed E-state index contributed by atoms with van der Waals surface area (Å²) in [5, 5.41) is 11.5. The molecule has 0 saturated carbocycles. The molecule has 6 nitrogen and oxygen atoms in total. The molecular weight excluding hydrogens is 260 g/mol. The minimum Gasteiger partial charge on any atom is -0.480 e. The van der Waals surface area contributed by atoms with Crippen LogP contribution in [0.15, 0.2) is 24.5 Å². The van der Waals surface area contributed by atoms with E-state index < -0.39 is 24.0 Å². The molecular formula is C14H20N2O4. The Balaban J connectivity index is 2.53. The third kappa shape index (κ3) is 5.26. The largest absolute Gasteiger partial charge is 0.480 e. The number of aromatic nitrogens is 1. The predicted molar refractivity (Wildman–Crippen MR) is 73.4 cm³/mol. The molecule has 0 aliphatic heterocycles. The minimum absolute atomic E-state index is 0.414. The Labute approximate surface area is 118 Å². The molecule has 1 aromatic rings. The summed E-state index contributed by atoms with van der Waals surface area (Å²) in [5.74, 6) is -1.01. The fraction of sp³-hybridized carbons (Fsp3) is 0.500. The summed E-state index contributed by atoms with van der Waals surface area (Å²) < 4.78 is 5.39. The van der Waals surface area contributed by atoms with Crippen molar-refractivity contribution in [2.75, 3.05) is 0 Å². The lowest BCUT2D eigenvalue weighted by Crippen LogP contribution is -2.46. The van der Waals surface area contributed by atoms with Gasteiger partial charge in [-0.2, -0.15) is 0 Å². The van der Waals surface area contributed by atoms with Crippen LogP contribution in [0.1, 0.15) is 33.1 Å². The second kappa shape index (κ2) is 8.14. The van der Waals surface area contributed by atoms with Crippen molar-refractivity contribution in [3.05, 3.63) is 24.5 Å². The maximum Gasteiger partial charge on any atom is 0.326 e. The first-order valence-corrected chi connectivity index (χ1v) is 6.64. The highest BCUT2D eigenvalue weighted by Gasteiger charge is 2.23. The first-order chi connectivity index (χ1) is 9.54. The molecule has 2 atom stereocenters. The standard InChI is InChI=1S/C14H20N2O4/c1-3-4-7-12(14(18)19)16-13(17)10(2)20-11-6-5-8-15-9-11/h5-6,8-10,12H,3-4,7H2,1-2H3,(H,16,17)(H,18,19)/t10?,12-/m0/s1. The van der Waals surface area contributed by atoms with Crippen LogP contribution in [0.3, 0.4) is 0 Å². The molecule has 1 heterocycles. The summed E-state index contributed by atoms with van der Waals surface area (Å²) in [6, 6.07) is 2.51. The summed E-state index contributed by atoms with van der Waals surface area (Å²) >= 11 is 0. The van der Waals surface area contributed by atoms with Crippen molar-refractivity contribution >= 4 is 11.9 Å². The summed E-state index contributed by atoms with van der Waals surface area (Å²) in [6.45, 7) is 3.54. The number of hydrogen-bond acceptors (Lipinski definition) is 4. The van der Waals surface area contributed by atoms with E-state index in [0.29, 0.717) is 12.2 Å². The van der Waals surface area contributed by atoms with Gasteiger partial charge in [0.2, 0.25) is 0 Å². The van der Waals surface area contributed by atoms with Gasteiger partial charge in [-0.05, 0) is 25.5 Å². The van der Waals surface area contributed by atoms with Crippen molar-refractivity contribution in [3.63, 3.8) is 0 Å². The Morgan fingerprint density at radius 3 is 2.80 bits per heavy atom. The third-order valence-electron chi connectivity index (χ3n) is 2.78. The highest BCUT2D eigenvalue weighted by atomic mass is 16.5. The molecule has 2 N–H and O–H groups in total. The van der Waals surface area contributed by atoms with Crippen molar-refractivity contribution in [3.8, 4) is 5.75 Å². The first kappa shape index (κ1) is 15.9. The fourth-order valence-electron chi connectivity index (χ4n) is 1.63. The Morgan fingerprint density at radius 1 is 1.50 bits per heavy atom. The average molecular weight is 280 g/mol. The van der Waals surface area contributed by atoms with E-state index in [9.17, 15) is 9.59 Å². The number of ether oxygens (including phenoxy) is 1. The van der Waals surface area contributed by atoms with Crippen LogP contribution in [0.5, 0.6) is 5.75 Å². The molecule has 110 valence electrons. The molecule has 0 aliphatic rings. The number of nitrogens with one attached hydrogen (secondary N) is 1. The number of carboxylic acid groups (broad SMARTS) is 1. The molecule has 0 bridgehead atoms. The predicted octanol–water partition coefficient (Wildman–Crippen LogP) is 1.61. The van der Waals surface area contributed by atoms with Crippen LogP contribution in [0.25, 0.3) is 0 Å². The monoisotopic (exact) mass is 280 g/mol. The lowest BCUT2D eigenvalue weighted by atomic mass is 10.1. The topological polar surface area (TPSA) is 88.5 Å². The molecule has 1 rings (SSSR count). The number of aliphatic carboxylic acids is 1. The van der Waals surface area contributed by atoms with Crippen molar-refractivity contribution in [1.82, 2.24) is 10.3 Å². The van der Waals surface area contributed by atoms with Crippen LogP contribution < -0.4 is 10.1 Å². The Morgan fingerprint density at radius 2 is 2.25 bits per heavy atom. The highest BCUT2D eigenvalue weighted by Crippen LogP contribution is 2.09. The fourth-order valence-corrected chi connectivity index (χ4v) is 1.63. The second-order valence-electron chi connectivity index (χ2n) is 4.49. The van der Waals surface area contributed by atoms with Gasteiger partial charge in [-0.3, -0.25) is 9.78 Å². The molecule has 0 saturated heterocycles. The molecule has 6 heteroatoms. The van der Waals surface area contributed by atoms with Gasteiger partial charge in [0, 0.05) is 6.20 Å². The van der Waals surface area contributed by atoms with Crippen LogP contribution in [0.2, 0.25) is 0 Å². The van der Waals surface area contributed by atoms with Crippen molar-refractivity contribution in [2.45, 2.75) is 45.3 Å². The zero-order valence-electron chi connectivity index (χ0n) is 11.7. The Hall–Kier alpha value is -2.11. The van der Waals surface area contributed by atoms with Gasteiger partial charge in [0.25, 0.3) is 5.91 Å². The van der Waals surface area contributed by atoms with Crippen LogP contribution >= 0.6 is 0 Å². The van der Waals surface area contributed by atoms with Gasteiger partial charge in [0.1, 0.15) is 11.8 Å². The van der Waals surface area contributed by atoms with Crippen molar-refractivity contribution < 1.29 is 19.4 Å². The summed E-state index contributed by atoms with van der Waals surface area (Å²) in [4.78, 5) is 26.8. The van der Waals surface area contributed by atoms with E-state index in [1.54, 1.807) is 25.3 Å². The highest BCUT2D eigenvalue weighted by molar-refractivity contribution is 5.86. The average Bonchev–Trinajstić information content (AvgIpc) is 2.43. The van der Waals surface area contributed by atoms with E-state index >= 15 is 0 Å². The molecule has 20 heavy (non-hydrogen) atoms. The zero-order chi connectivity index (χ0) is 15.0. The van der Waals surface area contributed by atoms with Crippen molar-refractivity contribution in [2.24, 2.45) is 0 Å². The summed E-state index contributed by atoms with van der Waals surface area (Å²) in [5.41, 5.74) is 0. The van der Waals surface area contributed by atoms with E-state index in [1.165, 1.54) is 6.20 Å². The van der Waals surface area contributed by atoms with Gasteiger partial charge in [-0.1, -0.05) is 19.8 Å². The number of pyridine rings is 1. The number of carbonyl (C=O) groups excluding carboxylic acids is 1. The van der Waals surface area contributed by atoms with Gasteiger partial charge in [-0.25, -0.2) is 4.79 Å². The third-order valence-corrected chi connectivity index (χ3v) is 2.78. The number of carbonyl (C=O) groups is 2. The number of amides is 1. The minimum atomic E-state index is -1.03. The number of rotatable bonds is 8. The molecule has 0 aromatic carbocycles. The molecule has 0 aliphatic carbocycles. The van der Waals surface area contributed by atoms with Gasteiger partial charge in [0.15, 0.2) is 6.10 Å². The molecule has 1 aromatic heterocycles. The van der Waals surface area contributed by atoms with Gasteiger partial charge < -0.3 is 15.2 Å². The van der Waals surface area contributed by atoms with Gasteiger partial charge in [0.05, 0.1) is 6.20 Å². The molecule has 0 spiro atoms. The smallest absolute Gasteiger partial charge is 0.326 e. The molecule has 0 fully saturated rings. The number of unbranched alkanes of at least 4 members (excludes halogenated alkanes) is 1. The second-order valence-corrected chi connectivity index (χ2v) is 4.49. The maximum atomic E-state index is 11.9. The SMILES string of the molecule is CCCC[C@H](NC(=O)C(C)Oc1cccnc1)C(=O)O. The lowest BCUT2D eigenvalue weighted by Gasteiger charge is -2.18. The quantitative estimate of drug-likeness (QED) is 0.755. The Kier molecular flexibility index (Phi) is 6.49. The van der Waals surface area contributed by atoms with Gasteiger partial charge >= 0.3 is 5.97 Å². The zero-order valence-corrected chi connectivity index (χ0v) is 11.7. The normalized spacial score (nSPS) is 13.3. The number of carboxylic acids is 1. The van der Waals surface area contributed by atoms with E-state index in [-0.39, 0.29) is 0 Å². The lowest BCUT2D eigenvalue weighted by molar-refractivity contribution is -0.143. The van der Waals surface area contributed by atoms with Crippen LogP contribution in [-0.4, -0.2) is 34.1 Å². The van der Waals surface area contributed by atoms with Gasteiger partial charge in [-0.15, -0.1) is 0 Å². The summed E-state index contributed by atoms with van der Waals surface area (Å²) in [6.07, 6.45) is 4.36. The Bertz CT molecular complexity index is 436. The molecule has 0 radical (unpaired) electrons. The van der Waals surface area contributed by atoms with Crippen LogP contribution in [-0.2, 0) is 9.59 Å². The van der Waals surface area contributed by atoms with Crippen LogP contribution in [0, 0.1) is 0 Å². The van der Waals surface area contributed by atoms with Crippen LogP contribution in [0.4, 0.5) is 0 Å².